The zero-order chi connectivity index (χ0) is 25.3. The Kier molecular flexibility index (Phi) is 6.95. The van der Waals surface area contributed by atoms with Gasteiger partial charge in [0.25, 0.3) is 0 Å². The first-order valence-electron chi connectivity index (χ1n) is 11.3. The molecule has 4 rings (SSSR count). The van der Waals surface area contributed by atoms with Gasteiger partial charge in [-0.25, -0.2) is 4.79 Å². The summed E-state index contributed by atoms with van der Waals surface area (Å²) in [5, 5.41) is 24.2. The summed E-state index contributed by atoms with van der Waals surface area (Å²) in [4.78, 5) is 25.0. The quantitative estimate of drug-likeness (QED) is 0.457. The van der Waals surface area contributed by atoms with Gasteiger partial charge in [-0.1, -0.05) is 30.3 Å². The Labute approximate surface area is 202 Å². The van der Waals surface area contributed by atoms with Crippen molar-refractivity contribution in [1.82, 2.24) is 0 Å². The summed E-state index contributed by atoms with van der Waals surface area (Å²) in [7, 11) is 1.43. The minimum Gasteiger partial charge on any atom is -0.462 e. The van der Waals surface area contributed by atoms with Crippen LogP contribution in [0.2, 0.25) is 0 Å². The van der Waals surface area contributed by atoms with Gasteiger partial charge in [0.2, 0.25) is 12.2 Å². The van der Waals surface area contributed by atoms with Gasteiger partial charge >= 0.3 is 5.63 Å². The number of anilines is 1. The molecule has 0 spiro atoms. The van der Waals surface area contributed by atoms with E-state index in [-0.39, 0.29) is 23.6 Å². The third-order valence-corrected chi connectivity index (χ3v) is 6.12. The van der Waals surface area contributed by atoms with Gasteiger partial charge in [0.15, 0.2) is 0 Å². The first-order valence-corrected chi connectivity index (χ1v) is 11.3. The molecule has 186 valence electrons. The largest absolute Gasteiger partial charge is 0.462 e. The number of fused-ring (bicyclic) bond motifs is 1. The summed E-state index contributed by atoms with van der Waals surface area (Å²) in [6.45, 7) is 5.15. The zero-order valence-electron chi connectivity index (χ0n) is 20.0. The molecule has 0 unspecified atom stereocenters. The molecular weight excluding hydrogens is 454 g/mol. The van der Waals surface area contributed by atoms with Crippen LogP contribution < -0.4 is 15.7 Å². The lowest BCUT2D eigenvalue weighted by molar-refractivity contribution is -0.306. The number of hydrogen-bond acceptors (Lipinski definition) is 8. The Bertz CT molecular complexity index is 1270. The smallest absolute Gasteiger partial charge is 0.360 e. The Hall–Kier alpha value is -3.24. The molecule has 1 amide bonds. The van der Waals surface area contributed by atoms with E-state index in [0.717, 1.165) is 5.56 Å². The Morgan fingerprint density at radius 2 is 1.83 bits per heavy atom. The number of benzene rings is 2. The van der Waals surface area contributed by atoms with E-state index in [1.165, 1.54) is 7.11 Å². The van der Waals surface area contributed by atoms with Gasteiger partial charge in [-0.05, 0) is 44.5 Å². The zero-order valence-corrected chi connectivity index (χ0v) is 20.0. The van der Waals surface area contributed by atoms with Crippen molar-refractivity contribution in [1.29, 1.82) is 0 Å². The van der Waals surface area contributed by atoms with Crippen molar-refractivity contribution >= 4 is 22.6 Å². The van der Waals surface area contributed by atoms with Crippen LogP contribution in [0, 0.1) is 6.92 Å². The maximum absolute atomic E-state index is 12.6. The van der Waals surface area contributed by atoms with E-state index >= 15 is 0 Å². The summed E-state index contributed by atoms with van der Waals surface area (Å²) in [5.41, 5.74) is 0.000205. The van der Waals surface area contributed by atoms with Crippen LogP contribution in [0.5, 0.6) is 5.75 Å². The highest BCUT2D eigenvalue weighted by Crippen LogP contribution is 2.35. The minimum absolute atomic E-state index is 0.0352. The summed E-state index contributed by atoms with van der Waals surface area (Å²) >= 11 is 0. The van der Waals surface area contributed by atoms with Crippen molar-refractivity contribution in [2.24, 2.45) is 0 Å². The van der Waals surface area contributed by atoms with Crippen LogP contribution in [0.25, 0.3) is 11.0 Å². The van der Waals surface area contributed by atoms with E-state index in [0.29, 0.717) is 16.7 Å². The Morgan fingerprint density at radius 3 is 2.51 bits per heavy atom. The fourth-order valence-corrected chi connectivity index (χ4v) is 4.33. The SMILES string of the molecule is CO[C@@H]1[C@@H](O)[C@H](O)[C@H](Oc2ccc3cc(NC(=O)Cc4ccccc4)c(=O)oc3c2C)OC1(C)C. The second-order valence-corrected chi connectivity index (χ2v) is 9.11. The summed E-state index contributed by atoms with van der Waals surface area (Å²) in [5.74, 6) is -0.0251. The van der Waals surface area contributed by atoms with Gasteiger partial charge in [-0.15, -0.1) is 0 Å². The second kappa shape index (κ2) is 9.79. The second-order valence-electron chi connectivity index (χ2n) is 9.11. The number of hydrogen-bond donors (Lipinski definition) is 3. The molecule has 35 heavy (non-hydrogen) atoms. The topological polar surface area (TPSA) is 127 Å². The van der Waals surface area contributed by atoms with Crippen molar-refractivity contribution in [2.75, 3.05) is 12.4 Å². The van der Waals surface area contributed by atoms with Crippen molar-refractivity contribution in [3.8, 4) is 5.75 Å². The highest BCUT2D eigenvalue weighted by molar-refractivity contribution is 5.94. The van der Waals surface area contributed by atoms with Crippen molar-refractivity contribution < 1.29 is 33.6 Å². The number of aliphatic hydroxyl groups is 2. The van der Waals surface area contributed by atoms with Crippen LogP contribution in [0.4, 0.5) is 5.69 Å². The molecule has 1 saturated heterocycles. The predicted molar refractivity (Wildman–Crippen MR) is 128 cm³/mol. The molecule has 1 fully saturated rings. The normalized spacial score (nSPS) is 23.7. The van der Waals surface area contributed by atoms with Gasteiger partial charge < -0.3 is 34.2 Å². The molecule has 0 bridgehead atoms. The summed E-state index contributed by atoms with van der Waals surface area (Å²) in [6, 6.07) is 14.1. The third kappa shape index (κ3) is 5.08. The average molecular weight is 484 g/mol. The number of carbonyl (C=O) groups is 1. The Balaban J connectivity index is 1.55. The monoisotopic (exact) mass is 483 g/mol. The van der Waals surface area contributed by atoms with Gasteiger partial charge in [-0.2, -0.15) is 0 Å². The lowest BCUT2D eigenvalue weighted by atomic mass is 9.89. The van der Waals surface area contributed by atoms with E-state index in [9.17, 15) is 19.8 Å². The van der Waals surface area contributed by atoms with Gasteiger partial charge in [-0.3, -0.25) is 4.79 Å². The molecule has 1 aliphatic rings. The molecule has 2 aromatic carbocycles. The molecule has 9 heteroatoms. The first-order chi connectivity index (χ1) is 16.6. The predicted octanol–water partition coefficient (Wildman–Crippen LogP) is 2.53. The fourth-order valence-electron chi connectivity index (χ4n) is 4.33. The molecule has 2 heterocycles. The van der Waals surface area contributed by atoms with Crippen molar-refractivity contribution in [3.05, 3.63) is 70.1 Å². The van der Waals surface area contributed by atoms with E-state index in [2.05, 4.69) is 5.32 Å². The molecule has 1 aromatic heterocycles. The summed E-state index contributed by atoms with van der Waals surface area (Å²) < 4.78 is 22.5. The van der Waals surface area contributed by atoms with Gasteiger partial charge in [0.1, 0.15) is 35.3 Å². The molecular formula is C26H29NO8. The number of ether oxygens (including phenoxy) is 3. The fraction of sp³-hybridized carbons (Fsp3) is 0.385. The molecule has 3 aromatic rings. The van der Waals surface area contributed by atoms with Crippen LogP contribution in [0.1, 0.15) is 25.0 Å². The van der Waals surface area contributed by atoms with Crippen molar-refractivity contribution in [2.45, 2.75) is 57.4 Å². The molecule has 3 N–H and O–H groups in total. The van der Waals surface area contributed by atoms with Crippen molar-refractivity contribution in [3.63, 3.8) is 0 Å². The maximum atomic E-state index is 12.6. The third-order valence-electron chi connectivity index (χ3n) is 6.12. The first kappa shape index (κ1) is 24.9. The van der Waals surface area contributed by atoms with Crippen LogP contribution in [-0.4, -0.2) is 53.4 Å². The standard InChI is InChI=1S/C26H29NO8/c1-14-18(33-25-21(30)20(29)23(32-4)26(2,3)35-25)11-10-16-13-17(24(31)34-22(14)16)27-19(28)12-15-8-6-5-7-9-15/h5-11,13,20-21,23,25,29-30H,12H2,1-4H3,(H,27,28)/t20-,21-,23+,25+/m0/s1. The molecule has 9 nitrogen and oxygen atoms in total. The maximum Gasteiger partial charge on any atom is 0.360 e. The van der Waals surface area contributed by atoms with E-state index < -0.39 is 35.8 Å². The summed E-state index contributed by atoms with van der Waals surface area (Å²) in [6.07, 6.45) is -4.39. The van der Waals surface area contributed by atoms with Crippen LogP contribution in [-0.2, 0) is 20.7 Å². The number of rotatable bonds is 6. The highest BCUT2D eigenvalue weighted by Gasteiger charge is 2.50. The highest BCUT2D eigenvalue weighted by atomic mass is 16.7. The number of aliphatic hydroxyl groups excluding tert-OH is 2. The lowest BCUT2D eigenvalue weighted by Crippen LogP contribution is -2.63. The van der Waals surface area contributed by atoms with E-state index in [1.54, 1.807) is 39.0 Å². The number of aryl methyl sites for hydroxylation is 1. The molecule has 0 saturated carbocycles. The molecule has 0 aliphatic carbocycles. The molecule has 1 aliphatic heterocycles. The average Bonchev–Trinajstić information content (AvgIpc) is 2.81. The number of amides is 1. The Morgan fingerprint density at radius 1 is 1.11 bits per heavy atom. The van der Waals surface area contributed by atoms with Crippen LogP contribution in [0.3, 0.4) is 0 Å². The molecule has 4 atom stereocenters. The van der Waals surface area contributed by atoms with E-state index in [4.69, 9.17) is 18.6 Å². The number of carbonyl (C=O) groups excluding carboxylic acids is 1. The number of nitrogens with one attached hydrogen (secondary N) is 1. The number of methoxy groups -OCH3 is 1. The lowest BCUT2D eigenvalue weighted by Gasteiger charge is -2.46. The van der Waals surface area contributed by atoms with Crippen LogP contribution in [0.15, 0.2) is 57.7 Å². The minimum atomic E-state index is -1.36. The molecule has 0 radical (unpaired) electrons. The van der Waals surface area contributed by atoms with Gasteiger partial charge in [0.05, 0.1) is 12.0 Å². The van der Waals surface area contributed by atoms with Gasteiger partial charge in [0, 0.05) is 18.1 Å². The van der Waals surface area contributed by atoms with E-state index in [1.807, 2.05) is 30.3 Å². The van der Waals surface area contributed by atoms with Crippen LogP contribution >= 0.6 is 0 Å².